The molecule has 0 spiro atoms. The summed E-state index contributed by atoms with van der Waals surface area (Å²) in [5.74, 6) is 0.321. The van der Waals surface area contributed by atoms with E-state index in [4.69, 9.17) is 14.2 Å². The highest BCUT2D eigenvalue weighted by atomic mass is 32.2. The average molecular weight is 736 g/mol. The van der Waals surface area contributed by atoms with Crippen molar-refractivity contribution in [3.05, 3.63) is 77.9 Å². The fourth-order valence-corrected chi connectivity index (χ4v) is 7.36. The number of ether oxygens (including phenoxy) is 5. The van der Waals surface area contributed by atoms with Crippen molar-refractivity contribution in [1.82, 2.24) is 4.90 Å². The summed E-state index contributed by atoms with van der Waals surface area (Å²) in [7, 11) is 0. The quantitative estimate of drug-likeness (QED) is 0.0403. The van der Waals surface area contributed by atoms with E-state index in [2.05, 4.69) is 14.4 Å². The van der Waals surface area contributed by atoms with Crippen LogP contribution in [0.1, 0.15) is 41.6 Å². The number of hydrogen-bond donors (Lipinski definition) is 1. The van der Waals surface area contributed by atoms with Crippen LogP contribution in [0.15, 0.2) is 66.7 Å². The Morgan fingerprint density at radius 1 is 0.882 bits per heavy atom. The Hall–Kier alpha value is -4.92. The number of thiophene rings is 1. The predicted octanol–water partition coefficient (Wildman–Crippen LogP) is 6.25. The number of benzene rings is 3. The molecule has 1 N–H and O–H groups in total. The Morgan fingerprint density at radius 3 is 2.25 bits per heavy atom. The van der Waals surface area contributed by atoms with Gasteiger partial charge in [-0.2, -0.15) is 0 Å². The molecule has 0 saturated carbocycles. The lowest BCUT2D eigenvalue weighted by Gasteiger charge is -2.26. The van der Waals surface area contributed by atoms with Gasteiger partial charge in [0.2, 0.25) is 0 Å². The maximum Gasteiger partial charge on any atom is 0.367 e. The van der Waals surface area contributed by atoms with Crippen LogP contribution in [-0.2, 0) is 28.6 Å². The number of likely N-dealkylation sites (tertiary alicyclic amines) is 1. The van der Waals surface area contributed by atoms with Crippen LogP contribution in [0.5, 0.6) is 17.2 Å². The number of aromatic hydroxyl groups is 1. The number of phenols is 1. The van der Waals surface area contributed by atoms with Crippen molar-refractivity contribution in [1.29, 1.82) is 0 Å². The van der Waals surface area contributed by atoms with Gasteiger partial charge >= 0.3 is 11.3 Å². The molecule has 1 saturated heterocycles. The molecule has 1 aromatic heterocycles. The second kappa shape index (κ2) is 18.9. The minimum Gasteiger partial charge on any atom is -0.508 e. The van der Waals surface area contributed by atoms with Gasteiger partial charge in [0.1, 0.15) is 37.1 Å². The van der Waals surface area contributed by atoms with E-state index in [1.807, 2.05) is 0 Å². The highest BCUT2D eigenvalue weighted by molar-refractivity contribution is 8.13. The molecule has 51 heavy (non-hydrogen) atoms. The summed E-state index contributed by atoms with van der Waals surface area (Å²) in [4.78, 5) is 62.8. The van der Waals surface area contributed by atoms with Gasteiger partial charge in [-0.1, -0.05) is 6.42 Å². The van der Waals surface area contributed by atoms with Gasteiger partial charge in [0.05, 0.1) is 6.42 Å². The molecule has 0 amide bonds. The van der Waals surface area contributed by atoms with Gasteiger partial charge in [0, 0.05) is 38.4 Å². The van der Waals surface area contributed by atoms with Crippen LogP contribution in [-0.4, -0.2) is 91.3 Å². The van der Waals surface area contributed by atoms with Crippen LogP contribution in [0.4, 0.5) is 4.79 Å². The fraction of sp³-hybridized carbons (Fsp3) is 0.324. The smallest absolute Gasteiger partial charge is 0.367 e. The third-order valence-electron chi connectivity index (χ3n) is 7.98. The minimum absolute atomic E-state index is 0.0423. The lowest BCUT2D eigenvalue weighted by atomic mass is 9.97. The zero-order valence-corrected chi connectivity index (χ0v) is 29.3. The molecule has 0 radical (unpaired) electrons. The van der Waals surface area contributed by atoms with Crippen molar-refractivity contribution in [2.24, 2.45) is 0 Å². The molecule has 1 aliphatic heterocycles. The number of phenolic OH excluding ortho intramolecular Hbond substituents is 1. The highest BCUT2D eigenvalue weighted by Crippen LogP contribution is 2.42. The standard InChI is InChI=1S/C37H37NO11S2/c39-23-45-21-30(22-46-24-40)49-37(44)50-19-14-33(42)48-29-12-13-31-32(20-29)51-36(26-4-8-27(41)9-5-26)34(31)35(43)25-6-10-28(11-7-25)47-18-17-38-15-2-1-3-16-38/h4-13,20,23-24,30,41H,1-3,14-19,21-22H2. The Morgan fingerprint density at radius 2 is 1.57 bits per heavy atom. The van der Waals surface area contributed by atoms with Gasteiger partial charge in [0.15, 0.2) is 11.9 Å². The number of fused-ring (bicyclic) bond motifs is 1. The summed E-state index contributed by atoms with van der Waals surface area (Å²) in [5.41, 5.74) is 1.72. The predicted molar refractivity (Wildman–Crippen MR) is 192 cm³/mol. The van der Waals surface area contributed by atoms with Gasteiger partial charge in [-0.15, -0.1) is 11.3 Å². The first-order valence-electron chi connectivity index (χ1n) is 16.3. The maximum atomic E-state index is 14.1. The number of esters is 1. The van der Waals surface area contributed by atoms with Crippen LogP contribution in [0.25, 0.3) is 20.5 Å². The van der Waals surface area contributed by atoms with E-state index in [1.165, 1.54) is 30.6 Å². The van der Waals surface area contributed by atoms with Crippen molar-refractivity contribution < 1.29 is 52.8 Å². The second-order valence-corrected chi connectivity index (χ2v) is 13.6. The summed E-state index contributed by atoms with van der Waals surface area (Å²) < 4.78 is 26.5. The van der Waals surface area contributed by atoms with Crippen molar-refractivity contribution in [2.75, 3.05) is 45.2 Å². The Labute approximate surface area is 302 Å². The molecule has 0 bridgehead atoms. The van der Waals surface area contributed by atoms with E-state index < -0.39 is 17.4 Å². The number of piperidine rings is 1. The zero-order valence-electron chi connectivity index (χ0n) is 27.7. The molecule has 0 aliphatic carbocycles. The lowest BCUT2D eigenvalue weighted by molar-refractivity contribution is -0.137. The van der Waals surface area contributed by atoms with Crippen LogP contribution in [0, 0.1) is 0 Å². The van der Waals surface area contributed by atoms with Crippen molar-refractivity contribution in [2.45, 2.75) is 31.8 Å². The first-order chi connectivity index (χ1) is 24.8. The van der Waals surface area contributed by atoms with Crippen molar-refractivity contribution in [3.8, 4) is 27.7 Å². The van der Waals surface area contributed by atoms with Crippen molar-refractivity contribution >= 4 is 63.2 Å². The Bertz CT molecular complexity index is 1790. The van der Waals surface area contributed by atoms with Crippen LogP contribution >= 0.6 is 23.1 Å². The SMILES string of the molecule is O=COCC(COC=O)OC(=O)SCCC(=O)Oc1ccc2c(C(=O)c3ccc(OCCN4CCCCC4)cc3)c(-c3ccc(O)cc3)sc2c1. The van der Waals surface area contributed by atoms with Crippen molar-refractivity contribution in [3.63, 3.8) is 0 Å². The molecular weight excluding hydrogens is 699 g/mol. The number of nitrogens with zero attached hydrogens (tertiary/aromatic N) is 1. The largest absolute Gasteiger partial charge is 0.508 e. The van der Waals surface area contributed by atoms with Crippen LogP contribution < -0.4 is 9.47 Å². The van der Waals surface area contributed by atoms with Crippen LogP contribution in [0.3, 0.4) is 0 Å². The average Bonchev–Trinajstić information content (AvgIpc) is 3.52. The molecule has 12 nitrogen and oxygen atoms in total. The topological polar surface area (TPSA) is 155 Å². The summed E-state index contributed by atoms with van der Waals surface area (Å²) in [6.07, 6.45) is 2.61. The molecule has 2 heterocycles. The number of carbonyl (C=O) groups is 5. The van der Waals surface area contributed by atoms with Gasteiger partial charge in [0.25, 0.3) is 12.9 Å². The van der Waals surface area contributed by atoms with E-state index in [-0.39, 0.29) is 55.6 Å². The van der Waals surface area contributed by atoms with E-state index in [0.29, 0.717) is 50.2 Å². The zero-order chi connectivity index (χ0) is 36.0. The molecule has 4 aromatic rings. The number of ketones is 1. The normalized spacial score (nSPS) is 13.0. The third kappa shape index (κ3) is 10.8. The van der Waals surface area contributed by atoms with Gasteiger partial charge in [-0.25, -0.2) is 4.79 Å². The number of thioether (sulfide) groups is 1. The van der Waals surface area contributed by atoms with Gasteiger partial charge in [-0.3, -0.25) is 24.1 Å². The van der Waals surface area contributed by atoms with Gasteiger partial charge in [-0.05, 0) is 110 Å². The molecule has 0 atom stereocenters. The third-order valence-corrected chi connectivity index (χ3v) is 9.92. The molecule has 1 aliphatic rings. The highest BCUT2D eigenvalue weighted by Gasteiger charge is 2.23. The molecule has 3 aromatic carbocycles. The van der Waals surface area contributed by atoms with E-state index >= 15 is 0 Å². The Kier molecular flexibility index (Phi) is 13.8. The van der Waals surface area contributed by atoms with E-state index in [9.17, 15) is 29.1 Å². The monoisotopic (exact) mass is 735 g/mol. The number of rotatable bonds is 18. The van der Waals surface area contributed by atoms with Crippen LogP contribution in [0.2, 0.25) is 0 Å². The lowest BCUT2D eigenvalue weighted by Crippen LogP contribution is -2.33. The Balaban J connectivity index is 1.24. The number of carbonyl (C=O) groups excluding carboxylic acids is 5. The molecular formula is C37H37NO11S2. The summed E-state index contributed by atoms with van der Waals surface area (Å²) >= 11 is 2.08. The maximum absolute atomic E-state index is 14.1. The van der Waals surface area contributed by atoms with E-state index in [0.717, 1.165) is 25.2 Å². The summed E-state index contributed by atoms with van der Waals surface area (Å²) in [5, 5.41) is 9.82. The molecule has 14 heteroatoms. The fourth-order valence-electron chi connectivity index (χ4n) is 5.48. The minimum atomic E-state index is -0.985. The van der Waals surface area contributed by atoms with Gasteiger partial charge < -0.3 is 28.8 Å². The molecule has 1 fully saturated rings. The molecule has 268 valence electrons. The van der Waals surface area contributed by atoms with E-state index in [1.54, 1.807) is 66.7 Å². The molecule has 0 unspecified atom stereocenters. The first kappa shape index (κ1) is 37.3. The first-order valence-corrected chi connectivity index (χ1v) is 18.1. The molecule has 5 rings (SSSR count). The number of hydrogen-bond acceptors (Lipinski definition) is 14. The second-order valence-electron chi connectivity index (χ2n) is 11.5. The summed E-state index contributed by atoms with van der Waals surface area (Å²) in [6, 6.07) is 18.7. The summed E-state index contributed by atoms with van der Waals surface area (Å²) in [6.45, 7) is 3.41.